The number of carbonyl (C=O) groups is 1. The van der Waals surface area contributed by atoms with Crippen LogP contribution in [0, 0.1) is 6.92 Å². The van der Waals surface area contributed by atoms with Crippen LogP contribution in [0.5, 0.6) is 0 Å². The van der Waals surface area contributed by atoms with Crippen molar-refractivity contribution in [2.24, 2.45) is 0 Å². The van der Waals surface area contributed by atoms with Gasteiger partial charge in [-0.15, -0.1) is 0 Å². The van der Waals surface area contributed by atoms with Gasteiger partial charge in [-0.3, -0.25) is 4.79 Å². The van der Waals surface area contributed by atoms with Gasteiger partial charge in [0.2, 0.25) is 5.95 Å². The first-order valence-electron chi connectivity index (χ1n) is 6.41. The number of carbonyl (C=O) groups excluding carboxylic acids is 1. The summed E-state index contributed by atoms with van der Waals surface area (Å²) >= 11 is 0. The largest absolute Gasteiger partial charge is 0.341 e. The number of aryl methyl sites for hydroxylation is 2. The first-order valence-corrected chi connectivity index (χ1v) is 6.41. The quantitative estimate of drug-likeness (QED) is 0.740. The van der Waals surface area contributed by atoms with Crippen molar-refractivity contribution in [1.82, 2.24) is 9.97 Å². The second-order valence-corrected chi connectivity index (χ2v) is 4.90. The summed E-state index contributed by atoms with van der Waals surface area (Å²) in [5, 5.41) is 0. The summed E-state index contributed by atoms with van der Waals surface area (Å²) in [6.07, 6.45) is 4.95. The molecular weight excluding hydrogens is 214 g/mol. The maximum atomic E-state index is 11.8. The minimum atomic E-state index is 0.219. The maximum absolute atomic E-state index is 11.8. The van der Waals surface area contributed by atoms with Crippen molar-refractivity contribution >= 4 is 11.7 Å². The lowest BCUT2D eigenvalue weighted by atomic mass is 9.94. The van der Waals surface area contributed by atoms with E-state index >= 15 is 0 Å². The third kappa shape index (κ3) is 1.81. The van der Waals surface area contributed by atoms with Crippen LogP contribution < -0.4 is 4.90 Å². The molecule has 0 unspecified atom stereocenters. The van der Waals surface area contributed by atoms with E-state index < -0.39 is 0 Å². The smallest absolute Gasteiger partial charge is 0.225 e. The molecule has 2 aliphatic rings. The Morgan fingerprint density at radius 3 is 2.59 bits per heavy atom. The van der Waals surface area contributed by atoms with Gasteiger partial charge in [-0.25, -0.2) is 9.97 Å². The molecule has 0 spiro atoms. The molecule has 1 aromatic rings. The van der Waals surface area contributed by atoms with Crippen molar-refractivity contribution in [3.63, 3.8) is 0 Å². The standard InChI is InChI=1S/C13H17N3O/c1-9-12-10(5-4-6-11(12)17)15-13(14-9)16-7-2-3-8-16/h2-8H2,1H3. The molecule has 0 amide bonds. The van der Waals surface area contributed by atoms with E-state index in [0.717, 1.165) is 48.8 Å². The van der Waals surface area contributed by atoms with E-state index in [1.54, 1.807) is 0 Å². The fourth-order valence-electron chi connectivity index (χ4n) is 2.76. The first kappa shape index (κ1) is 10.7. The van der Waals surface area contributed by atoms with E-state index in [4.69, 9.17) is 0 Å². The summed E-state index contributed by atoms with van der Waals surface area (Å²) in [7, 11) is 0. The SMILES string of the molecule is Cc1nc(N2CCCC2)nc2c1C(=O)CCC2. The molecule has 3 rings (SSSR count). The monoisotopic (exact) mass is 231 g/mol. The molecule has 0 radical (unpaired) electrons. The van der Waals surface area contributed by atoms with Gasteiger partial charge < -0.3 is 4.90 Å². The number of Topliss-reactive ketones (excluding diaryl/α,β-unsaturated/α-hetero) is 1. The normalized spacial score (nSPS) is 19.6. The summed E-state index contributed by atoms with van der Waals surface area (Å²) in [6, 6.07) is 0. The van der Waals surface area contributed by atoms with Gasteiger partial charge in [-0.05, 0) is 32.6 Å². The van der Waals surface area contributed by atoms with Crippen LogP contribution in [-0.4, -0.2) is 28.8 Å². The van der Waals surface area contributed by atoms with Gasteiger partial charge in [0.25, 0.3) is 0 Å². The number of anilines is 1. The van der Waals surface area contributed by atoms with Crippen molar-refractivity contribution in [3.8, 4) is 0 Å². The number of rotatable bonds is 1. The van der Waals surface area contributed by atoms with Crippen LogP contribution in [-0.2, 0) is 6.42 Å². The number of fused-ring (bicyclic) bond motifs is 1. The molecule has 4 heteroatoms. The molecule has 4 nitrogen and oxygen atoms in total. The van der Waals surface area contributed by atoms with Crippen molar-refractivity contribution < 1.29 is 4.79 Å². The zero-order valence-corrected chi connectivity index (χ0v) is 10.2. The zero-order chi connectivity index (χ0) is 11.8. The fourth-order valence-corrected chi connectivity index (χ4v) is 2.76. The van der Waals surface area contributed by atoms with Gasteiger partial charge in [0.15, 0.2) is 5.78 Å². The molecule has 0 bridgehead atoms. The van der Waals surface area contributed by atoms with E-state index in [-0.39, 0.29) is 5.78 Å². The van der Waals surface area contributed by atoms with Crippen LogP contribution in [0.2, 0.25) is 0 Å². The minimum Gasteiger partial charge on any atom is -0.341 e. The highest BCUT2D eigenvalue weighted by Gasteiger charge is 2.24. The van der Waals surface area contributed by atoms with E-state index in [2.05, 4.69) is 14.9 Å². The molecule has 0 aromatic carbocycles. The van der Waals surface area contributed by atoms with Gasteiger partial charge in [-0.2, -0.15) is 0 Å². The molecule has 17 heavy (non-hydrogen) atoms. The van der Waals surface area contributed by atoms with Gasteiger partial charge in [0.05, 0.1) is 17.0 Å². The Kier molecular flexibility index (Phi) is 2.57. The predicted molar refractivity (Wildman–Crippen MR) is 65.5 cm³/mol. The van der Waals surface area contributed by atoms with Gasteiger partial charge in [0.1, 0.15) is 0 Å². The molecule has 1 aliphatic carbocycles. The highest BCUT2D eigenvalue weighted by Crippen LogP contribution is 2.25. The van der Waals surface area contributed by atoms with Gasteiger partial charge >= 0.3 is 0 Å². The number of ketones is 1. The molecule has 1 fully saturated rings. The highest BCUT2D eigenvalue weighted by atomic mass is 16.1. The third-order valence-corrected chi connectivity index (χ3v) is 3.64. The summed E-state index contributed by atoms with van der Waals surface area (Å²) in [4.78, 5) is 23.2. The van der Waals surface area contributed by atoms with Crippen LogP contribution >= 0.6 is 0 Å². The van der Waals surface area contributed by atoms with Crippen LogP contribution in [0.4, 0.5) is 5.95 Å². The molecule has 0 saturated carbocycles. The average molecular weight is 231 g/mol. The Morgan fingerprint density at radius 1 is 1.06 bits per heavy atom. The van der Waals surface area contributed by atoms with E-state index in [9.17, 15) is 4.79 Å². The Labute approximate surface area is 101 Å². The van der Waals surface area contributed by atoms with Crippen LogP contribution in [0.3, 0.4) is 0 Å². The number of hydrogen-bond donors (Lipinski definition) is 0. The van der Waals surface area contributed by atoms with Crippen molar-refractivity contribution in [2.75, 3.05) is 18.0 Å². The molecule has 1 aromatic heterocycles. The van der Waals surface area contributed by atoms with Crippen molar-refractivity contribution in [3.05, 3.63) is 17.0 Å². The average Bonchev–Trinajstić information content (AvgIpc) is 2.81. The molecular formula is C13H17N3O. The van der Waals surface area contributed by atoms with Gasteiger partial charge in [0, 0.05) is 19.5 Å². The van der Waals surface area contributed by atoms with E-state index in [1.807, 2.05) is 6.92 Å². The molecule has 1 saturated heterocycles. The summed E-state index contributed by atoms with van der Waals surface area (Å²) < 4.78 is 0. The fraction of sp³-hybridized carbons (Fsp3) is 0.615. The summed E-state index contributed by atoms with van der Waals surface area (Å²) in [5.41, 5.74) is 2.62. The molecule has 0 N–H and O–H groups in total. The lowest BCUT2D eigenvalue weighted by Crippen LogP contribution is -2.24. The second-order valence-electron chi connectivity index (χ2n) is 4.90. The van der Waals surface area contributed by atoms with Gasteiger partial charge in [-0.1, -0.05) is 0 Å². The lowest BCUT2D eigenvalue weighted by Gasteiger charge is -2.20. The first-order chi connectivity index (χ1) is 8.25. The highest BCUT2D eigenvalue weighted by molar-refractivity contribution is 5.99. The second kappa shape index (κ2) is 4.09. The number of aromatic nitrogens is 2. The zero-order valence-electron chi connectivity index (χ0n) is 10.2. The molecule has 90 valence electrons. The third-order valence-electron chi connectivity index (χ3n) is 3.64. The Morgan fingerprint density at radius 2 is 1.82 bits per heavy atom. The Bertz CT molecular complexity index is 464. The number of hydrogen-bond acceptors (Lipinski definition) is 4. The number of nitrogens with zero attached hydrogens (tertiary/aromatic N) is 3. The van der Waals surface area contributed by atoms with Crippen LogP contribution in [0.15, 0.2) is 0 Å². The van der Waals surface area contributed by atoms with Crippen molar-refractivity contribution in [1.29, 1.82) is 0 Å². The summed E-state index contributed by atoms with van der Waals surface area (Å²) in [6.45, 7) is 4.03. The van der Waals surface area contributed by atoms with Crippen LogP contribution in [0.1, 0.15) is 47.4 Å². The molecule has 0 atom stereocenters. The lowest BCUT2D eigenvalue weighted by molar-refractivity contribution is 0.0970. The maximum Gasteiger partial charge on any atom is 0.225 e. The topological polar surface area (TPSA) is 46.1 Å². The molecule has 2 heterocycles. The van der Waals surface area contributed by atoms with E-state index in [0.29, 0.717) is 6.42 Å². The van der Waals surface area contributed by atoms with Crippen molar-refractivity contribution in [2.45, 2.75) is 39.0 Å². The minimum absolute atomic E-state index is 0.219. The summed E-state index contributed by atoms with van der Waals surface area (Å²) in [5.74, 6) is 1.05. The van der Waals surface area contributed by atoms with E-state index in [1.165, 1.54) is 12.8 Å². The molecule has 1 aliphatic heterocycles. The predicted octanol–water partition coefficient (Wildman–Crippen LogP) is 1.90. The Hall–Kier alpha value is -1.45. The van der Waals surface area contributed by atoms with Crippen LogP contribution in [0.25, 0.3) is 0 Å². The Balaban J connectivity index is 2.03.